The number of nitrogens with two attached hydrogens (primary N) is 2. The maximum atomic E-state index is 11.9. The Bertz CT molecular complexity index is 1180. The van der Waals surface area contributed by atoms with Gasteiger partial charge in [-0.15, -0.1) is 0 Å². The highest BCUT2D eigenvalue weighted by Gasteiger charge is 2.34. The second-order valence-corrected chi connectivity index (χ2v) is 6.39. The van der Waals surface area contributed by atoms with E-state index in [-0.39, 0.29) is 40.6 Å². The Kier molecular flexibility index (Phi) is 4.97. The Morgan fingerprint density at radius 1 is 1.10 bits per heavy atom. The van der Waals surface area contributed by atoms with Crippen LogP contribution in [-0.2, 0) is 10.2 Å². The minimum absolute atomic E-state index is 0.0192. The number of carbonyl (C=O) groups is 2. The van der Waals surface area contributed by atoms with Gasteiger partial charge < -0.3 is 21.7 Å². The van der Waals surface area contributed by atoms with Crippen molar-refractivity contribution in [3.63, 3.8) is 0 Å². The number of fused-ring (bicyclic) bond motifs is 1. The normalized spacial score (nSPS) is 12.6. The van der Waals surface area contributed by atoms with Crippen molar-refractivity contribution in [2.24, 2.45) is 0 Å². The molecule has 0 bridgehead atoms. The molecule has 0 aliphatic carbocycles. The van der Waals surface area contributed by atoms with Gasteiger partial charge in [0.15, 0.2) is 17.0 Å². The first-order chi connectivity index (χ1) is 13.7. The number of rotatable bonds is 4. The highest BCUT2D eigenvalue weighted by atomic mass is 16.4. The zero-order valence-electron chi connectivity index (χ0n) is 15.2. The van der Waals surface area contributed by atoms with Gasteiger partial charge in [0.05, 0.1) is 11.8 Å². The lowest BCUT2D eigenvalue weighted by Crippen LogP contribution is -2.32. The van der Waals surface area contributed by atoms with E-state index in [0.29, 0.717) is 5.56 Å². The van der Waals surface area contributed by atoms with Gasteiger partial charge in [0.25, 0.3) is 0 Å². The Morgan fingerprint density at radius 3 is 2.41 bits per heavy atom. The van der Waals surface area contributed by atoms with E-state index in [0.717, 1.165) is 0 Å². The van der Waals surface area contributed by atoms with Crippen molar-refractivity contribution in [2.75, 3.05) is 11.5 Å². The lowest BCUT2D eigenvalue weighted by Gasteiger charge is -2.23. The van der Waals surface area contributed by atoms with Crippen LogP contribution in [0.2, 0.25) is 0 Å². The number of carboxylic acids is 2. The maximum Gasteiger partial charge on any atom is 0.335 e. The van der Waals surface area contributed by atoms with Gasteiger partial charge in [0.2, 0.25) is 5.95 Å². The van der Waals surface area contributed by atoms with Crippen LogP contribution in [0.5, 0.6) is 0 Å². The molecule has 1 aromatic carbocycles. The Morgan fingerprint density at radius 2 is 1.79 bits per heavy atom. The summed E-state index contributed by atoms with van der Waals surface area (Å²) in [4.78, 5) is 38.9. The summed E-state index contributed by atoms with van der Waals surface area (Å²) in [5, 5.41) is 18.7. The summed E-state index contributed by atoms with van der Waals surface area (Å²) in [6, 6.07) is 5.65. The fourth-order valence-electron chi connectivity index (χ4n) is 2.60. The molecule has 3 rings (SSSR count). The summed E-state index contributed by atoms with van der Waals surface area (Å²) >= 11 is 0. The molecule has 6 N–H and O–H groups in total. The highest BCUT2D eigenvalue weighted by molar-refractivity contribution is 5.88. The standard InChI is InChI=1S/C19H16N6O4/c1-19(17(28)29,11-6-4-10(5-7-11)16(26)27)8-2-3-12-9-22-15-13(23-12)14(20)24-18(21)25-15/h4-7,9H,8H2,1H3,(H,26,27)(H,28,29)(H4,20,21,22,24,25). The van der Waals surface area contributed by atoms with Crippen LogP contribution in [0.4, 0.5) is 11.8 Å². The van der Waals surface area contributed by atoms with E-state index in [1.54, 1.807) is 0 Å². The van der Waals surface area contributed by atoms with Gasteiger partial charge in [-0.3, -0.25) is 4.79 Å². The minimum atomic E-state index is -1.34. The molecule has 0 aliphatic rings. The average molecular weight is 392 g/mol. The zero-order valence-corrected chi connectivity index (χ0v) is 15.2. The second kappa shape index (κ2) is 7.40. The van der Waals surface area contributed by atoms with E-state index in [9.17, 15) is 14.7 Å². The third-order valence-electron chi connectivity index (χ3n) is 4.35. The molecular formula is C19H16N6O4. The van der Waals surface area contributed by atoms with Gasteiger partial charge in [-0.25, -0.2) is 14.8 Å². The fraction of sp³-hybridized carbons (Fsp3) is 0.158. The van der Waals surface area contributed by atoms with Crippen LogP contribution in [0.25, 0.3) is 11.2 Å². The first-order valence-corrected chi connectivity index (χ1v) is 8.32. The quantitative estimate of drug-likeness (QED) is 0.469. The number of carboxylic acid groups (broad SMARTS) is 2. The number of hydrogen-bond acceptors (Lipinski definition) is 8. The molecule has 0 amide bonds. The molecule has 0 saturated carbocycles. The first kappa shape index (κ1) is 19.5. The second-order valence-electron chi connectivity index (χ2n) is 6.39. The molecule has 146 valence electrons. The third kappa shape index (κ3) is 3.89. The average Bonchev–Trinajstić information content (AvgIpc) is 2.68. The van der Waals surface area contributed by atoms with Crippen LogP contribution in [0.15, 0.2) is 30.5 Å². The minimum Gasteiger partial charge on any atom is -0.481 e. The molecule has 0 radical (unpaired) electrons. The third-order valence-corrected chi connectivity index (χ3v) is 4.35. The number of benzene rings is 1. The van der Waals surface area contributed by atoms with E-state index in [1.165, 1.54) is 37.4 Å². The van der Waals surface area contributed by atoms with Crippen LogP contribution in [0, 0.1) is 11.8 Å². The van der Waals surface area contributed by atoms with E-state index < -0.39 is 17.4 Å². The van der Waals surface area contributed by atoms with E-state index in [4.69, 9.17) is 16.6 Å². The lowest BCUT2D eigenvalue weighted by molar-refractivity contribution is -0.143. The molecule has 2 aromatic heterocycles. The van der Waals surface area contributed by atoms with Gasteiger partial charge in [0.1, 0.15) is 11.1 Å². The molecule has 3 aromatic rings. The molecule has 1 atom stereocenters. The molecule has 1 unspecified atom stereocenters. The molecule has 29 heavy (non-hydrogen) atoms. The summed E-state index contributed by atoms with van der Waals surface area (Å²) in [6.07, 6.45) is 1.34. The van der Waals surface area contributed by atoms with Gasteiger partial charge in [-0.2, -0.15) is 9.97 Å². The van der Waals surface area contributed by atoms with Crippen molar-refractivity contribution in [1.82, 2.24) is 19.9 Å². The molecule has 10 heteroatoms. The van der Waals surface area contributed by atoms with Crippen LogP contribution in [0.3, 0.4) is 0 Å². The number of aliphatic carboxylic acids is 1. The number of nitrogens with zero attached hydrogens (tertiary/aromatic N) is 4. The van der Waals surface area contributed by atoms with Crippen molar-refractivity contribution >= 4 is 34.9 Å². The predicted octanol–water partition coefficient (Wildman–Crippen LogP) is 1.07. The first-order valence-electron chi connectivity index (χ1n) is 8.32. The predicted molar refractivity (Wildman–Crippen MR) is 104 cm³/mol. The summed E-state index contributed by atoms with van der Waals surface area (Å²) in [7, 11) is 0. The van der Waals surface area contributed by atoms with Crippen LogP contribution in [0.1, 0.15) is 35.0 Å². The highest BCUT2D eigenvalue weighted by Crippen LogP contribution is 2.28. The van der Waals surface area contributed by atoms with Gasteiger partial charge >= 0.3 is 11.9 Å². The van der Waals surface area contributed by atoms with Crippen molar-refractivity contribution in [3.8, 4) is 11.8 Å². The Labute approximate surface area is 164 Å². The summed E-state index contributed by atoms with van der Waals surface area (Å²) in [5.74, 6) is 3.43. The smallest absolute Gasteiger partial charge is 0.335 e. The molecular weight excluding hydrogens is 376 g/mol. The van der Waals surface area contributed by atoms with Crippen LogP contribution >= 0.6 is 0 Å². The number of hydrogen-bond donors (Lipinski definition) is 4. The monoisotopic (exact) mass is 392 g/mol. The molecule has 2 heterocycles. The van der Waals surface area contributed by atoms with Crippen LogP contribution < -0.4 is 11.5 Å². The number of nitrogen functional groups attached to an aromatic ring is 2. The van der Waals surface area contributed by atoms with Crippen LogP contribution in [-0.4, -0.2) is 42.1 Å². The Hall–Kier alpha value is -4.26. The van der Waals surface area contributed by atoms with Gasteiger partial charge in [-0.05, 0) is 30.5 Å². The van der Waals surface area contributed by atoms with Crippen molar-refractivity contribution in [2.45, 2.75) is 18.8 Å². The van der Waals surface area contributed by atoms with E-state index in [1.807, 2.05) is 0 Å². The molecule has 0 aliphatic heterocycles. The van der Waals surface area contributed by atoms with Gasteiger partial charge in [0, 0.05) is 6.42 Å². The number of aromatic nitrogens is 4. The fourth-order valence-corrected chi connectivity index (χ4v) is 2.60. The lowest BCUT2D eigenvalue weighted by atomic mass is 9.79. The molecule has 0 saturated heterocycles. The maximum absolute atomic E-state index is 11.9. The summed E-state index contributed by atoms with van der Waals surface area (Å²) in [5.41, 5.74) is 11.2. The van der Waals surface area contributed by atoms with Crippen molar-refractivity contribution < 1.29 is 19.8 Å². The molecule has 0 spiro atoms. The van der Waals surface area contributed by atoms with E-state index >= 15 is 0 Å². The largest absolute Gasteiger partial charge is 0.481 e. The molecule has 0 fully saturated rings. The topological polar surface area (TPSA) is 178 Å². The van der Waals surface area contributed by atoms with Crippen molar-refractivity contribution in [1.29, 1.82) is 0 Å². The summed E-state index contributed by atoms with van der Waals surface area (Å²) in [6.45, 7) is 1.51. The Balaban J connectivity index is 1.90. The number of anilines is 2. The van der Waals surface area contributed by atoms with E-state index in [2.05, 4.69) is 31.8 Å². The zero-order chi connectivity index (χ0) is 21.2. The number of aromatic carboxylic acids is 1. The molecule has 10 nitrogen and oxygen atoms in total. The summed E-state index contributed by atoms with van der Waals surface area (Å²) < 4.78 is 0. The van der Waals surface area contributed by atoms with Crippen molar-refractivity contribution in [3.05, 3.63) is 47.3 Å². The SMILES string of the molecule is CC(CC#Cc1cnc2nc(N)nc(N)c2n1)(C(=O)O)c1ccc(C(=O)O)cc1. The van der Waals surface area contributed by atoms with Gasteiger partial charge in [-0.1, -0.05) is 18.1 Å².